The van der Waals surface area contributed by atoms with E-state index in [0.29, 0.717) is 24.5 Å². The van der Waals surface area contributed by atoms with Gasteiger partial charge in [0.25, 0.3) is 0 Å². The lowest BCUT2D eigenvalue weighted by atomic mass is 10.3. The number of carbonyl (C=O) groups excluding carboxylic acids is 1. The largest absolute Gasteiger partial charge is 0.466 e. The standard InChI is InChI=1S/C9H13N3O3/c1-7(9(13)14-2)3-4-10-5-8-11-6-15-12-8/h3,6,10H,4-5H2,1-2H3. The topological polar surface area (TPSA) is 77.2 Å². The highest BCUT2D eigenvalue weighted by Gasteiger charge is 2.01. The summed E-state index contributed by atoms with van der Waals surface area (Å²) < 4.78 is 9.10. The van der Waals surface area contributed by atoms with Gasteiger partial charge in [0.15, 0.2) is 5.82 Å². The van der Waals surface area contributed by atoms with Crippen LogP contribution in [0.5, 0.6) is 0 Å². The van der Waals surface area contributed by atoms with Gasteiger partial charge in [0.1, 0.15) is 0 Å². The SMILES string of the molecule is COC(=O)C(C)=CCNCc1ncon1. The van der Waals surface area contributed by atoms with Crippen LogP contribution < -0.4 is 5.32 Å². The van der Waals surface area contributed by atoms with Crippen LogP contribution >= 0.6 is 0 Å². The van der Waals surface area contributed by atoms with Crippen LogP contribution in [-0.4, -0.2) is 29.8 Å². The summed E-state index contributed by atoms with van der Waals surface area (Å²) in [7, 11) is 1.35. The second-order valence-corrected chi connectivity index (χ2v) is 2.86. The van der Waals surface area contributed by atoms with E-state index in [1.54, 1.807) is 13.0 Å². The molecule has 0 amide bonds. The predicted molar refractivity (Wildman–Crippen MR) is 51.8 cm³/mol. The minimum atomic E-state index is -0.323. The maximum atomic E-state index is 11.0. The number of methoxy groups -OCH3 is 1. The Morgan fingerprint density at radius 3 is 3.13 bits per heavy atom. The van der Waals surface area contributed by atoms with Gasteiger partial charge in [-0.1, -0.05) is 11.2 Å². The van der Waals surface area contributed by atoms with Crippen LogP contribution in [0.25, 0.3) is 0 Å². The summed E-state index contributed by atoms with van der Waals surface area (Å²) in [5.74, 6) is 0.260. The molecule has 0 radical (unpaired) electrons. The second kappa shape index (κ2) is 5.92. The Labute approximate surface area is 87.3 Å². The molecule has 0 fully saturated rings. The number of hydrogen-bond donors (Lipinski definition) is 1. The number of hydrogen-bond acceptors (Lipinski definition) is 6. The number of nitrogens with zero attached hydrogens (tertiary/aromatic N) is 2. The summed E-state index contributed by atoms with van der Waals surface area (Å²) in [5, 5.41) is 6.65. The van der Waals surface area contributed by atoms with Crippen LogP contribution in [-0.2, 0) is 16.1 Å². The fourth-order valence-electron chi connectivity index (χ4n) is 0.924. The lowest BCUT2D eigenvalue weighted by Gasteiger charge is -1.99. The van der Waals surface area contributed by atoms with Gasteiger partial charge in [-0.15, -0.1) is 0 Å². The number of carbonyl (C=O) groups is 1. The van der Waals surface area contributed by atoms with E-state index in [-0.39, 0.29) is 5.97 Å². The first-order valence-corrected chi connectivity index (χ1v) is 4.45. The molecule has 1 heterocycles. The molecule has 0 aliphatic heterocycles. The number of nitrogens with one attached hydrogen (secondary N) is 1. The Morgan fingerprint density at radius 1 is 1.73 bits per heavy atom. The molecule has 1 aromatic rings. The number of aromatic nitrogens is 2. The van der Waals surface area contributed by atoms with Crippen LogP contribution in [0, 0.1) is 0 Å². The van der Waals surface area contributed by atoms with Crippen molar-refractivity contribution >= 4 is 5.97 Å². The third-order valence-corrected chi connectivity index (χ3v) is 1.75. The Bertz CT molecular complexity index is 332. The fraction of sp³-hybridized carbons (Fsp3) is 0.444. The van der Waals surface area contributed by atoms with E-state index in [0.717, 1.165) is 0 Å². The second-order valence-electron chi connectivity index (χ2n) is 2.86. The highest BCUT2D eigenvalue weighted by atomic mass is 16.5. The third kappa shape index (κ3) is 3.90. The first-order valence-electron chi connectivity index (χ1n) is 4.45. The van der Waals surface area contributed by atoms with E-state index in [4.69, 9.17) is 0 Å². The summed E-state index contributed by atoms with van der Waals surface area (Å²) in [6.07, 6.45) is 3.01. The van der Waals surface area contributed by atoms with Gasteiger partial charge in [-0.05, 0) is 6.92 Å². The normalized spacial score (nSPS) is 11.5. The first-order chi connectivity index (χ1) is 7.24. The molecule has 0 atom stereocenters. The van der Waals surface area contributed by atoms with E-state index < -0.39 is 0 Å². The first kappa shape index (κ1) is 11.4. The van der Waals surface area contributed by atoms with Crippen molar-refractivity contribution in [3.8, 4) is 0 Å². The van der Waals surface area contributed by atoms with Crippen LogP contribution in [0.4, 0.5) is 0 Å². The van der Waals surface area contributed by atoms with Gasteiger partial charge >= 0.3 is 5.97 Å². The fourth-order valence-corrected chi connectivity index (χ4v) is 0.924. The van der Waals surface area contributed by atoms with Gasteiger partial charge in [-0.2, -0.15) is 4.98 Å². The smallest absolute Gasteiger partial charge is 0.333 e. The minimum Gasteiger partial charge on any atom is -0.466 e. The van der Waals surface area contributed by atoms with Crippen molar-refractivity contribution < 1.29 is 14.1 Å². The highest BCUT2D eigenvalue weighted by Crippen LogP contribution is 1.94. The highest BCUT2D eigenvalue weighted by molar-refractivity contribution is 5.87. The quantitative estimate of drug-likeness (QED) is 0.428. The third-order valence-electron chi connectivity index (χ3n) is 1.75. The molecule has 0 unspecified atom stereocenters. The van der Waals surface area contributed by atoms with Crippen LogP contribution in [0.1, 0.15) is 12.7 Å². The molecule has 0 aliphatic carbocycles. The Kier molecular flexibility index (Phi) is 4.49. The summed E-state index contributed by atoms with van der Waals surface area (Å²) in [4.78, 5) is 14.8. The summed E-state index contributed by atoms with van der Waals surface area (Å²) in [6, 6.07) is 0. The monoisotopic (exact) mass is 211 g/mol. The van der Waals surface area contributed by atoms with Crippen molar-refractivity contribution in [3.05, 3.63) is 23.9 Å². The van der Waals surface area contributed by atoms with Crippen molar-refractivity contribution in [1.29, 1.82) is 0 Å². The van der Waals surface area contributed by atoms with Gasteiger partial charge in [0.05, 0.1) is 13.7 Å². The molecule has 6 heteroatoms. The summed E-state index contributed by atoms with van der Waals surface area (Å²) >= 11 is 0. The van der Waals surface area contributed by atoms with E-state index in [1.807, 2.05) is 0 Å². The number of ether oxygens (including phenoxy) is 1. The molecule has 0 aliphatic rings. The average molecular weight is 211 g/mol. The number of rotatable bonds is 5. The van der Waals surface area contributed by atoms with Gasteiger partial charge in [-0.25, -0.2) is 4.79 Å². The van der Waals surface area contributed by atoms with Gasteiger partial charge in [0, 0.05) is 12.1 Å². The molecule has 0 saturated heterocycles. The molecular weight excluding hydrogens is 198 g/mol. The zero-order valence-electron chi connectivity index (χ0n) is 8.69. The molecule has 0 saturated carbocycles. The average Bonchev–Trinajstić information content (AvgIpc) is 2.75. The lowest BCUT2D eigenvalue weighted by Crippen LogP contribution is -2.15. The Hall–Kier alpha value is -1.69. The Balaban J connectivity index is 2.24. The van der Waals surface area contributed by atoms with Crippen molar-refractivity contribution in [3.63, 3.8) is 0 Å². The maximum Gasteiger partial charge on any atom is 0.333 e. The van der Waals surface area contributed by atoms with Crippen LogP contribution in [0.15, 0.2) is 22.6 Å². The molecule has 1 aromatic heterocycles. The van der Waals surface area contributed by atoms with Gasteiger partial charge < -0.3 is 14.6 Å². The molecule has 0 bridgehead atoms. The van der Waals surface area contributed by atoms with Gasteiger partial charge in [-0.3, -0.25) is 0 Å². The van der Waals surface area contributed by atoms with E-state index in [2.05, 4.69) is 24.7 Å². The van der Waals surface area contributed by atoms with Crippen molar-refractivity contribution in [1.82, 2.24) is 15.5 Å². The molecule has 0 aromatic carbocycles. The molecule has 0 spiro atoms. The molecular formula is C9H13N3O3. The molecule has 15 heavy (non-hydrogen) atoms. The molecule has 82 valence electrons. The van der Waals surface area contributed by atoms with Crippen LogP contribution in [0.3, 0.4) is 0 Å². The summed E-state index contributed by atoms with van der Waals surface area (Å²) in [5.41, 5.74) is 0.568. The van der Waals surface area contributed by atoms with Crippen LogP contribution in [0.2, 0.25) is 0 Å². The van der Waals surface area contributed by atoms with Crippen molar-refractivity contribution in [2.45, 2.75) is 13.5 Å². The zero-order valence-corrected chi connectivity index (χ0v) is 8.69. The molecule has 1 rings (SSSR count). The maximum absolute atomic E-state index is 11.0. The minimum absolute atomic E-state index is 0.323. The number of esters is 1. The van der Waals surface area contributed by atoms with Crippen molar-refractivity contribution in [2.75, 3.05) is 13.7 Å². The van der Waals surface area contributed by atoms with E-state index >= 15 is 0 Å². The summed E-state index contributed by atoms with van der Waals surface area (Å²) in [6.45, 7) is 2.75. The molecule has 6 nitrogen and oxygen atoms in total. The zero-order chi connectivity index (χ0) is 11.1. The van der Waals surface area contributed by atoms with Crippen molar-refractivity contribution in [2.24, 2.45) is 0 Å². The van der Waals surface area contributed by atoms with Gasteiger partial charge in [0.2, 0.25) is 6.39 Å². The lowest BCUT2D eigenvalue weighted by molar-refractivity contribution is -0.136. The van der Waals surface area contributed by atoms with E-state index in [1.165, 1.54) is 13.5 Å². The predicted octanol–water partition coefficient (Wildman–Crippen LogP) is 0.278. The Morgan fingerprint density at radius 2 is 2.53 bits per heavy atom. The molecule has 1 N–H and O–H groups in total. The van der Waals surface area contributed by atoms with E-state index in [9.17, 15) is 4.79 Å².